The van der Waals surface area contributed by atoms with Crippen molar-refractivity contribution in [2.45, 2.75) is 6.61 Å². The topological polar surface area (TPSA) is 116 Å². The van der Waals surface area contributed by atoms with Gasteiger partial charge in [0, 0.05) is 22.0 Å². The number of halogens is 2. The van der Waals surface area contributed by atoms with Gasteiger partial charge in [0.2, 0.25) is 0 Å². The molecule has 0 bridgehead atoms. The molecule has 0 aliphatic carbocycles. The minimum atomic E-state index is -0.587. The van der Waals surface area contributed by atoms with E-state index in [-0.39, 0.29) is 11.4 Å². The molecular formula is C24H17BrIN3O6. The average molecular weight is 650 g/mol. The van der Waals surface area contributed by atoms with Crippen LogP contribution >= 0.6 is 38.5 Å². The Kier molecular flexibility index (Phi) is 7.66. The number of ether oxygens (including phenoxy) is 2. The third-order valence-corrected chi connectivity index (χ3v) is 6.19. The number of fused-ring (bicyclic) bond motifs is 1. The van der Waals surface area contributed by atoms with Crippen LogP contribution in [0.5, 0.6) is 11.5 Å². The Hall–Kier alpha value is -3.45. The molecule has 1 heterocycles. The van der Waals surface area contributed by atoms with Crippen molar-refractivity contribution in [2.75, 3.05) is 7.11 Å². The maximum Gasteiger partial charge on any atom is 0.307 e. The summed E-state index contributed by atoms with van der Waals surface area (Å²) >= 11 is 5.56. The van der Waals surface area contributed by atoms with E-state index < -0.39 is 10.8 Å². The van der Waals surface area contributed by atoms with Crippen LogP contribution in [-0.2, 0) is 6.61 Å². The van der Waals surface area contributed by atoms with Gasteiger partial charge in [-0.15, -0.1) is 0 Å². The predicted molar refractivity (Wildman–Crippen MR) is 142 cm³/mol. The number of benzene rings is 3. The first-order chi connectivity index (χ1) is 16.8. The minimum absolute atomic E-state index is 0.0125. The van der Waals surface area contributed by atoms with Crippen LogP contribution in [0.15, 0.2) is 74.7 Å². The van der Waals surface area contributed by atoms with E-state index in [1.54, 1.807) is 13.2 Å². The van der Waals surface area contributed by atoms with Gasteiger partial charge in [-0.2, -0.15) is 5.10 Å². The second kappa shape index (κ2) is 10.9. The van der Waals surface area contributed by atoms with Crippen molar-refractivity contribution in [3.63, 3.8) is 0 Å². The van der Waals surface area contributed by atoms with Gasteiger partial charge in [0.1, 0.15) is 12.2 Å². The summed E-state index contributed by atoms with van der Waals surface area (Å²) in [4.78, 5) is 22.8. The SMILES string of the molecule is COc1cc(/C=N/NC(=O)c2cc3cc([N+](=O)[O-])ccc3o2)cc(I)c1OCc1ccc(Br)cc1. The number of furan rings is 1. The summed E-state index contributed by atoms with van der Waals surface area (Å²) in [6.07, 6.45) is 1.47. The van der Waals surface area contributed by atoms with Crippen LogP contribution in [0.4, 0.5) is 5.69 Å². The highest BCUT2D eigenvalue weighted by Gasteiger charge is 2.15. The zero-order chi connectivity index (χ0) is 24.9. The highest BCUT2D eigenvalue weighted by Crippen LogP contribution is 2.34. The summed E-state index contributed by atoms with van der Waals surface area (Å²) in [5.41, 5.74) is 4.37. The van der Waals surface area contributed by atoms with Gasteiger partial charge in [-0.3, -0.25) is 14.9 Å². The quantitative estimate of drug-likeness (QED) is 0.107. The maximum atomic E-state index is 12.4. The van der Waals surface area contributed by atoms with Gasteiger partial charge in [-0.05, 0) is 70.1 Å². The molecule has 11 heteroatoms. The standard InChI is InChI=1S/C24H17BrIN3O6/c1-33-21-9-15(8-19(26)23(21)34-13-14-2-4-17(25)5-3-14)12-27-28-24(30)22-11-16-10-18(29(31)32)6-7-20(16)35-22/h2-12H,13H2,1H3,(H,28,30)/b27-12+. The molecule has 0 fully saturated rings. The molecule has 0 radical (unpaired) electrons. The number of carbonyl (C=O) groups is 1. The lowest BCUT2D eigenvalue weighted by Gasteiger charge is -2.13. The van der Waals surface area contributed by atoms with E-state index in [9.17, 15) is 14.9 Å². The molecule has 0 saturated heterocycles. The molecule has 0 saturated carbocycles. The third kappa shape index (κ3) is 5.98. The summed E-state index contributed by atoms with van der Waals surface area (Å²) in [5, 5.41) is 15.4. The summed E-state index contributed by atoms with van der Waals surface area (Å²) in [6.45, 7) is 0.379. The number of nitro groups is 1. The first-order valence-corrected chi connectivity index (χ1v) is 12.0. The van der Waals surface area contributed by atoms with Crippen LogP contribution in [0.25, 0.3) is 11.0 Å². The molecule has 0 spiro atoms. The highest BCUT2D eigenvalue weighted by atomic mass is 127. The van der Waals surface area contributed by atoms with E-state index in [0.29, 0.717) is 34.6 Å². The predicted octanol–water partition coefficient (Wildman–Crippen LogP) is 6.06. The van der Waals surface area contributed by atoms with Crippen LogP contribution in [0.2, 0.25) is 0 Å². The van der Waals surface area contributed by atoms with Gasteiger partial charge >= 0.3 is 5.91 Å². The molecule has 0 unspecified atom stereocenters. The molecule has 4 rings (SSSR count). The van der Waals surface area contributed by atoms with Crippen LogP contribution in [0.1, 0.15) is 21.7 Å². The Morgan fingerprint density at radius 2 is 1.97 bits per heavy atom. The molecule has 1 aromatic heterocycles. The van der Waals surface area contributed by atoms with Gasteiger partial charge in [-0.25, -0.2) is 5.43 Å². The number of carbonyl (C=O) groups excluding carboxylic acids is 1. The minimum Gasteiger partial charge on any atom is -0.493 e. The van der Waals surface area contributed by atoms with Crippen molar-refractivity contribution in [1.29, 1.82) is 0 Å². The van der Waals surface area contributed by atoms with Crippen LogP contribution in [-0.4, -0.2) is 24.2 Å². The van der Waals surface area contributed by atoms with Crippen LogP contribution in [0, 0.1) is 13.7 Å². The number of hydrazone groups is 1. The van der Waals surface area contributed by atoms with Gasteiger partial charge in [0.15, 0.2) is 17.3 Å². The first kappa shape index (κ1) is 24.7. The van der Waals surface area contributed by atoms with E-state index in [2.05, 4.69) is 49.0 Å². The van der Waals surface area contributed by atoms with Crippen LogP contribution < -0.4 is 14.9 Å². The normalized spacial score (nSPS) is 11.1. The number of hydrogen-bond acceptors (Lipinski definition) is 7. The molecule has 0 aliphatic rings. The Labute approximate surface area is 221 Å². The summed E-state index contributed by atoms with van der Waals surface area (Å²) in [6, 6.07) is 16.9. The van der Waals surface area contributed by atoms with E-state index in [1.807, 2.05) is 30.3 Å². The highest BCUT2D eigenvalue weighted by molar-refractivity contribution is 14.1. The van der Waals surface area contributed by atoms with Gasteiger partial charge < -0.3 is 13.9 Å². The third-order valence-electron chi connectivity index (χ3n) is 4.86. The smallest absolute Gasteiger partial charge is 0.307 e. The van der Waals surface area contributed by atoms with Crippen LogP contribution in [0.3, 0.4) is 0 Å². The lowest BCUT2D eigenvalue weighted by atomic mass is 10.2. The monoisotopic (exact) mass is 649 g/mol. The van der Waals surface area contributed by atoms with Crippen molar-refractivity contribution in [3.05, 3.63) is 95.7 Å². The molecule has 9 nitrogen and oxygen atoms in total. The number of nitrogens with one attached hydrogen (secondary N) is 1. The Bertz CT molecular complexity index is 1440. The fraction of sp³-hybridized carbons (Fsp3) is 0.0833. The summed E-state index contributed by atoms with van der Waals surface area (Å²) < 4.78 is 18.7. The van der Waals surface area contributed by atoms with Crippen molar-refractivity contribution in [1.82, 2.24) is 5.43 Å². The summed E-state index contributed by atoms with van der Waals surface area (Å²) in [5.74, 6) is 0.534. The number of hydrogen-bond donors (Lipinski definition) is 1. The van der Waals surface area contributed by atoms with E-state index >= 15 is 0 Å². The number of nitrogens with zero attached hydrogens (tertiary/aromatic N) is 2. The molecule has 0 aliphatic heterocycles. The molecule has 35 heavy (non-hydrogen) atoms. The van der Waals surface area contributed by atoms with E-state index in [0.717, 1.165) is 13.6 Å². The largest absolute Gasteiger partial charge is 0.493 e. The number of non-ortho nitro benzene ring substituents is 1. The molecule has 1 amide bonds. The van der Waals surface area contributed by atoms with Crippen molar-refractivity contribution in [2.24, 2.45) is 5.10 Å². The lowest BCUT2D eigenvalue weighted by molar-refractivity contribution is -0.384. The maximum absolute atomic E-state index is 12.4. The Balaban J connectivity index is 1.44. The average Bonchev–Trinajstić information content (AvgIpc) is 3.27. The van der Waals surface area contributed by atoms with Gasteiger partial charge in [0.05, 0.1) is 21.8 Å². The molecular weight excluding hydrogens is 633 g/mol. The molecule has 4 aromatic rings. The lowest BCUT2D eigenvalue weighted by Crippen LogP contribution is -2.16. The fourth-order valence-electron chi connectivity index (χ4n) is 3.17. The second-order valence-electron chi connectivity index (χ2n) is 7.24. The fourth-order valence-corrected chi connectivity index (χ4v) is 4.21. The Morgan fingerprint density at radius 3 is 2.69 bits per heavy atom. The van der Waals surface area contributed by atoms with Gasteiger partial charge in [0.25, 0.3) is 5.69 Å². The zero-order valence-corrected chi connectivity index (χ0v) is 21.9. The molecule has 3 aromatic carbocycles. The van der Waals surface area contributed by atoms with E-state index in [1.165, 1.54) is 30.5 Å². The van der Waals surface area contributed by atoms with E-state index in [4.69, 9.17) is 13.9 Å². The molecule has 1 N–H and O–H groups in total. The number of rotatable bonds is 8. The van der Waals surface area contributed by atoms with Crippen molar-refractivity contribution >= 4 is 67.3 Å². The Morgan fingerprint density at radius 1 is 1.20 bits per heavy atom. The number of methoxy groups -OCH3 is 1. The molecule has 178 valence electrons. The zero-order valence-electron chi connectivity index (χ0n) is 18.2. The summed E-state index contributed by atoms with van der Waals surface area (Å²) in [7, 11) is 1.55. The second-order valence-corrected chi connectivity index (χ2v) is 9.32. The number of amides is 1. The van der Waals surface area contributed by atoms with Crippen molar-refractivity contribution in [3.8, 4) is 11.5 Å². The number of nitro benzene ring substituents is 1. The first-order valence-electron chi connectivity index (χ1n) is 10.1. The van der Waals surface area contributed by atoms with Gasteiger partial charge in [-0.1, -0.05) is 28.1 Å². The molecule has 0 atom stereocenters. The van der Waals surface area contributed by atoms with Crippen molar-refractivity contribution < 1.29 is 23.6 Å².